The Bertz CT molecular complexity index is 699. The first-order chi connectivity index (χ1) is 12.7. The maximum Gasteiger partial charge on any atom is 0.344 e. The van der Waals surface area contributed by atoms with Crippen molar-refractivity contribution < 1.29 is 19.0 Å². The predicted octanol–water partition coefficient (Wildman–Crippen LogP) is 2.53. The maximum atomic E-state index is 11.3. The third-order valence-electron chi connectivity index (χ3n) is 4.02. The lowest BCUT2D eigenvalue weighted by molar-refractivity contribution is -0.145. The van der Waals surface area contributed by atoms with Crippen LogP contribution < -0.4 is 14.8 Å². The summed E-state index contributed by atoms with van der Waals surface area (Å²) in [5.41, 5.74) is 0. The van der Waals surface area contributed by atoms with Crippen molar-refractivity contribution in [2.24, 2.45) is 0 Å². The molecule has 2 heterocycles. The zero-order chi connectivity index (χ0) is 18.2. The highest BCUT2D eigenvalue weighted by molar-refractivity contribution is 7.11. The van der Waals surface area contributed by atoms with E-state index in [1.54, 1.807) is 42.5 Å². The number of hydrogen-bond donors (Lipinski definition) is 1. The molecule has 140 valence electrons. The van der Waals surface area contributed by atoms with Gasteiger partial charge in [0.2, 0.25) is 0 Å². The molecule has 8 heteroatoms. The summed E-state index contributed by atoms with van der Waals surface area (Å²) in [6.07, 6.45) is 2.23. The first kappa shape index (κ1) is 18.6. The van der Waals surface area contributed by atoms with Gasteiger partial charge in [0.05, 0.1) is 6.61 Å². The van der Waals surface area contributed by atoms with Gasteiger partial charge in [-0.1, -0.05) is 11.3 Å². The van der Waals surface area contributed by atoms with Gasteiger partial charge < -0.3 is 19.5 Å². The number of benzene rings is 1. The molecule has 0 amide bonds. The van der Waals surface area contributed by atoms with E-state index in [1.165, 1.54) is 0 Å². The van der Waals surface area contributed by atoms with Crippen LogP contribution in [-0.2, 0) is 16.1 Å². The topological polar surface area (TPSA) is 82.6 Å². The molecule has 1 aromatic heterocycles. The van der Waals surface area contributed by atoms with Gasteiger partial charge in [0.1, 0.15) is 23.1 Å². The van der Waals surface area contributed by atoms with E-state index >= 15 is 0 Å². The molecule has 7 nitrogen and oxygen atoms in total. The second-order valence-electron chi connectivity index (χ2n) is 5.91. The minimum atomic E-state index is -0.381. The standard InChI is InChI=1S/C18H23N3O4S/c1-2-23-17(22)12-25-15-5-3-14(4-6-15)24-11-16-20-21-18(26-16)13-7-9-19-10-8-13/h3-6,13,19H,2,7-12H2,1H3. The normalized spacial score (nSPS) is 14.8. The first-order valence-corrected chi connectivity index (χ1v) is 9.60. The van der Waals surface area contributed by atoms with Gasteiger partial charge in [0.25, 0.3) is 0 Å². The van der Waals surface area contributed by atoms with E-state index < -0.39 is 0 Å². The fraction of sp³-hybridized carbons (Fsp3) is 0.500. The summed E-state index contributed by atoms with van der Waals surface area (Å²) in [6.45, 7) is 4.49. The summed E-state index contributed by atoms with van der Waals surface area (Å²) in [6, 6.07) is 7.12. The molecule has 0 spiro atoms. The molecule has 2 aromatic rings. The second-order valence-corrected chi connectivity index (χ2v) is 7.01. The number of nitrogens with one attached hydrogen (secondary N) is 1. The smallest absolute Gasteiger partial charge is 0.344 e. The fourth-order valence-corrected chi connectivity index (χ4v) is 3.61. The number of ether oxygens (including phenoxy) is 3. The molecule has 1 saturated heterocycles. The minimum absolute atomic E-state index is 0.0989. The van der Waals surface area contributed by atoms with E-state index in [2.05, 4.69) is 15.5 Å². The van der Waals surface area contributed by atoms with Gasteiger partial charge in [-0.05, 0) is 57.1 Å². The Kier molecular flexibility index (Phi) is 6.79. The van der Waals surface area contributed by atoms with Gasteiger partial charge in [-0.2, -0.15) is 0 Å². The zero-order valence-electron chi connectivity index (χ0n) is 14.8. The third-order valence-corrected chi connectivity index (χ3v) is 5.08. The van der Waals surface area contributed by atoms with Crippen LogP contribution in [0.3, 0.4) is 0 Å². The lowest BCUT2D eigenvalue weighted by atomic mass is 9.99. The highest BCUT2D eigenvalue weighted by atomic mass is 32.1. The van der Waals surface area contributed by atoms with Crippen molar-refractivity contribution in [2.45, 2.75) is 32.3 Å². The van der Waals surface area contributed by atoms with E-state index in [9.17, 15) is 4.79 Å². The van der Waals surface area contributed by atoms with Crippen molar-refractivity contribution in [2.75, 3.05) is 26.3 Å². The van der Waals surface area contributed by atoms with Gasteiger partial charge in [-0.25, -0.2) is 4.79 Å². The van der Waals surface area contributed by atoms with E-state index in [4.69, 9.17) is 14.2 Å². The van der Waals surface area contributed by atoms with Gasteiger partial charge in [-0.15, -0.1) is 10.2 Å². The number of aromatic nitrogens is 2. The van der Waals surface area contributed by atoms with Crippen molar-refractivity contribution in [1.82, 2.24) is 15.5 Å². The fourth-order valence-electron chi connectivity index (χ4n) is 2.68. The molecule has 1 N–H and O–H groups in total. The highest BCUT2D eigenvalue weighted by Crippen LogP contribution is 2.28. The molecule has 0 aliphatic carbocycles. The molecule has 0 saturated carbocycles. The van der Waals surface area contributed by atoms with Gasteiger partial charge in [-0.3, -0.25) is 0 Å². The average Bonchev–Trinajstić information content (AvgIpc) is 3.16. The Labute approximate surface area is 156 Å². The van der Waals surface area contributed by atoms with E-state index in [0.29, 0.717) is 30.6 Å². The quantitative estimate of drug-likeness (QED) is 0.708. The molecular formula is C18H23N3O4S. The van der Waals surface area contributed by atoms with Crippen LogP contribution in [0.5, 0.6) is 11.5 Å². The summed E-state index contributed by atoms with van der Waals surface area (Å²) in [4.78, 5) is 11.3. The van der Waals surface area contributed by atoms with E-state index in [0.717, 1.165) is 35.9 Å². The summed E-state index contributed by atoms with van der Waals surface area (Å²) in [5.74, 6) is 1.44. The molecule has 1 aliphatic rings. The van der Waals surface area contributed by atoms with Crippen LogP contribution in [0, 0.1) is 0 Å². The Hall–Kier alpha value is -2.19. The molecule has 26 heavy (non-hydrogen) atoms. The van der Waals surface area contributed by atoms with Crippen LogP contribution in [-0.4, -0.2) is 42.5 Å². The molecule has 0 unspecified atom stereocenters. The zero-order valence-corrected chi connectivity index (χ0v) is 15.6. The molecular weight excluding hydrogens is 354 g/mol. The number of rotatable bonds is 8. The molecule has 1 fully saturated rings. The second kappa shape index (κ2) is 9.49. The summed E-state index contributed by atoms with van der Waals surface area (Å²) in [7, 11) is 0. The third kappa shape index (κ3) is 5.40. The van der Waals surface area contributed by atoms with Crippen LogP contribution >= 0.6 is 11.3 Å². The number of hydrogen-bond acceptors (Lipinski definition) is 8. The SMILES string of the molecule is CCOC(=O)COc1ccc(OCc2nnc(C3CCNCC3)s2)cc1. The van der Waals surface area contributed by atoms with Crippen molar-refractivity contribution in [3.05, 3.63) is 34.3 Å². The van der Waals surface area contributed by atoms with E-state index in [1.807, 2.05) is 0 Å². The summed E-state index contributed by atoms with van der Waals surface area (Å²) < 4.78 is 15.9. The molecule has 1 aliphatic heterocycles. The monoisotopic (exact) mass is 377 g/mol. The Morgan fingerprint density at radius 2 is 1.85 bits per heavy atom. The number of carbonyl (C=O) groups excluding carboxylic acids is 1. The van der Waals surface area contributed by atoms with Crippen molar-refractivity contribution in [1.29, 1.82) is 0 Å². The van der Waals surface area contributed by atoms with Gasteiger partial charge >= 0.3 is 5.97 Å². The summed E-state index contributed by atoms with van der Waals surface area (Å²) >= 11 is 1.63. The largest absolute Gasteiger partial charge is 0.486 e. The molecule has 3 rings (SSSR count). The lowest BCUT2D eigenvalue weighted by Gasteiger charge is -2.19. The van der Waals surface area contributed by atoms with Crippen molar-refractivity contribution in [3.63, 3.8) is 0 Å². The van der Waals surface area contributed by atoms with Crippen LogP contribution in [0.4, 0.5) is 0 Å². The van der Waals surface area contributed by atoms with Gasteiger partial charge in [0, 0.05) is 5.92 Å². The Balaban J connectivity index is 1.46. The Morgan fingerprint density at radius 1 is 1.15 bits per heavy atom. The maximum absolute atomic E-state index is 11.3. The lowest BCUT2D eigenvalue weighted by Crippen LogP contribution is -2.26. The molecule has 0 radical (unpaired) electrons. The number of piperidine rings is 1. The van der Waals surface area contributed by atoms with Crippen LogP contribution in [0.2, 0.25) is 0 Å². The van der Waals surface area contributed by atoms with E-state index in [-0.39, 0.29) is 12.6 Å². The first-order valence-electron chi connectivity index (χ1n) is 8.79. The molecule has 0 bridgehead atoms. The highest BCUT2D eigenvalue weighted by Gasteiger charge is 2.19. The van der Waals surface area contributed by atoms with Crippen LogP contribution in [0.1, 0.15) is 35.7 Å². The molecule has 1 aromatic carbocycles. The van der Waals surface area contributed by atoms with Crippen molar-refractivity contribution in [3.8, 4) is 11.5 Å². The predicted molar refractivity (Wildman–Crippen MR) is 97.7 cm³/mol. The number of carbonyl (C=O) groups is 1. The minimum Gasteiger partial charge on any atom is -0.486 e. The molecule has 0 atom stereocenters. The van der Waals surface area contributed by atoms with Crippen LogP contribution in [0.15, 0.2) is 24.3 Å². The average molecular weight is 377 g/mol. The summed E-state index contributed by atoms with van der Waals surface area (Å²) in [5, 5.41) is 13.9. The number of nitrogens with zero attached hydrogens (tertiary/aromatic N) is 2. The van der Waals surface area contributed by atoms with Gasteiger partial charge in [0.15, 0.2) is 11.6 Å². The van der Waals surface area contributed by atoms with Crippen molar-refractivity contribution >= 4 is 17.3 Å². The number of esters is 1. The Morgan fingerprint density at radius 3 is 2.54 bits per heavy atom. The van der Waals surface area contributed by atoms with Crippen LogP contribution in [0.25, 0.3) is 0 Å².